The van der Waals surface area contributed by atoms with Crippen LogP contribution in [0.3, 0.4) is 0 Å². The zero-order chi connectivity index (χ0) is 19.8. The van der Waals surface area contributed by atoms with Gasteiger partial charge in [-0.15, -0.1) is 12.3 Å². The van der Waals surface area contributed by atoms with E-state index in [-0.39, 0.29) is 0 Å². The Kier molecular flexibility index (Phi) is 14.8. The van der Waals surface area contributed by atoms with Crippen LogP contribution >= 0.6 is 0 Å². The molecular formula is C26H42. The number of allylic oxidation sites excluding steroid dienone is 8. The summed E-state index contributed by atoms with van der Waals surface area (Å²) in [6.07, 6.45) is 20.6. The van der Waals surface area contributed by atoms with E-state index in [2.05, 4.69) is 64.3 Å². The SMILES string of the molecule is C=CCCC(CCC)C1=C(C)C=CC(C/C(=C\CC)CCC)=C=C1.CC. The molecule has 26 heavy (non-hydrogen) atoms. The van der Waals surface area contributed by atoms with E-state index in [1.807, 2.05) is 19.9 Å². The van der Waals surface area contributed by atoms with Crippen LogP contribution in [0.5, 0.6) is 0 Å². The van der Waals surface area contributed by atoms with Crippen molar-refractivity contribution in [1.82, 2.24) is 0 Å². The van der Waals surface area contributed by atoms with Crippen LogP contribution in [-0.2, 0) is 0 Å². The summed E-state index contributed by atoms with van der Waals surface area (Å²) in [5.41, 5.74) is 9.35. The third-order valence-electron chi connectivity index (χ3n) is 4.68. The van der Waals surface area contributed by atoms with E-state index in [0.29, 0.717) is 5.92 Å². The van der Waals surface area contributed by atoms with Gasteiger partial charge in [0.05, 0.1) is 0 Å². The van der Waals surface area contributed by atoms with Crippen molar-refractivity contribution in [3.8, 4) is 0 Å². The van der Waals surface area contributed by atoms with Crippen molar-refractivity contribution < 1.29 is 0 Å². The van der Waals surface area contributed by atoms with E-state index in [9.17, 15) is 0 Å². The van der Waals surface area contributed by atoms with Crippen LogP contribution in [0.2, 0.25) is 0 Å². The lowest BCUT2D eigenvalue weighted by molar-refractivity contribution is 0.522. The zero-order valence-corrected chi connectivity index (χ0v) is 18.3. The predicted octanol–water partition coefficient (Wildman–Crippen LogP) is 8.89. The van der Waals surface area contributed by atoms with Gasteiger partial charge in [-0.1, -0.05) is 77.3 Å². The quantitative estimate of drug-likeness (QED) is 0.256. The fourth-order valence-electron chi connectivity index (χ4n) is 3.44. The highest BCUT2D eigenvalue weighted by molar-refractivity contribution is 5.41. The van der Waals surface area contributed by atoms with E-state index in [1.54, 1.807) is 5.57 Å². The van der Waals surface area contributed by atoms with Gasteiger partial charge in [0.2, 0.25) is 0 Å². The van der Waals surface area contributed by atoms with Gasteiger partial charge in [0.15, 0.2) is 0 Å². The first-order valence-electron chi connectivity index (χ1n) is 10.8. The second kappa shape index (κ2) is 15.7. The fourth-order valence-corrected chi connectivity index (χ4v) is 3.44. The highest BCUT2D eigenvalue weighted by Crippen LogP contribution is 2.29. The van der Waals surface area contributed by atoms with Crippen LogP contribution in [0.1, 0.15) is 92.9 Å². The smallest absolute Gasteiger partial charge is 0.000658 e. The molecule has 0 nitrogen and oxygen atoms in total. The number of hydrogen-bond donors (Lipinski definition) is 0. The van der Waals surface area contributed by atoms with Gasteiger partial charge in [-0.05, 0) is 67.7 Å². The summed E-state index contributed by atoms with van der Waals surface area (Å²) in [5.74, 6) is 0.630. The third-order valence-corrected chi connectivity index (χ3v) is 4.68. The van der Waals surface area contributed by atoms with Gasteiger partial charge >= 0.3 is 0 Å². The van der Waals surface area contributed by atoms with Gasteiger partial charge < -0.3 is 0 Å². The van der Waals surface area contributed by atoms with Gasteiger partial charge in [-0.3, -0.25) is 0 Å². The topological polar surface area (TPSA) is 0 Å². The molecule has 0 aromatic heterocycles. The Labute approximate surface area is 164 Å². The molecule has 0 aromatic rings. The summed E-state index contributed by atoms with van der Waals surface area (Å²) in [5, 5.41) is 0. The second-order valence-electron chi connectivity index (χ2n) is 6.83. The largest absolute Gasteiger partial charge is 0.117 e. The lowest BCUT2D eigenvalue weighted by Gasteiger charge is -2.18. The zero-order valence-electron chi connectivity index (χ0n) is 18.3. The predicted molar refractivity (Wildman–Crippen MR) is 121 cm³/mol. The van der Waals surface area contributed by atoms with Crippen molar-refractivity contribution in [1.29, 1.82) is 0 Å². The van der Waals surface area contributed by atoms with Crippen molar-refractivity contribution in [2.45, 2.75) is 92.9 Å². The Balaban J connectivity index is 0.00000301. The average Bonchev–Trinajstić information content (AvgIpc) is 2.83. The Morgan fingerprint density at radius 3 is 2.42 bits per heavy atom. The van der Waals surface area contributed by atoms with Crippen LogP contribution in [0.4, 0.5) is 0 Å². The minimum Gasteiger partial charge on any atom is -0.117 e. The maximum absolute atomic E-state index is 3.89. The molecule has 1 aliphatic rings. The minimum absolute atomic E-state index is 0.630. The maximum Gasteiger partial charge on any atom is 0.000658 e. The van der Waals surface area contributed by atoms with Crippen molar-refractivity contribution >= 4 is 0 Å². The molecule has 0 aliphatic heterocycles. The lowest BCUT2D eigenvalue weighted by atomic mass is 9.87. The van der Waals surface area contributed by atoms with Gasteiger partial charge in [0.25, 0.3) is 0 Å². The molecule has 1 aliphatic carbocycles. The van der Waals surface area contributed by atoms with E-state index in [4.69, 9.17) is 0 Å². The van der Waals surface area contributed by atoms with Gasteiger partial charge in [-0.2, -0.15) is 0 Å². The second-order valence-corrected chi connectivity index (χ2v) is 6.83. The molecule has 1 rings (SSSR count). The van der Waals surface area contributed by atoms with Crippen molar-refractivity contribution in [2.24, 2.45) is 5.92 Å². The van der Waals surface area contributed by atoms with E-state index in [0.717, 1.165) is 19.3 Å². The molecule has 0 heteroatoms. The maximum atomic E-state index is 3.89. The Morgan fingerprint density at radius 1 is 1.12 bits per heavy atom. The summed E-state index contributed by atoms with van der Waals surface area (Å²) in [7, 11) is 0. The molecule has 0 spiro atoms. The number of rotatable bonds is 11. The average molecular weight is 355 g/mol. The lowest BCUT2D eigenvalue weighted by Crippen LogP contribution is -2.04. The van der Waals surface area contributed by atoms with E-state index >= 15 is 0 Å². The first-order chi connectivity index (χ1) is 12.7. The van der Waals surface area contributed by atoms with E-state index < -0.39 is 0 Å². The van der Waals surface area contributed by atoms with E-state index in [1.165, 1.54) is 48.8 Å². The molecule has 0 radical (unpaired) electrons. The van der Waals surface area contributed by atoms with Crippen molar-refractivity contribution in [3.05, 3.63) is 65.0 Å². The molecule has 1 unspecified atom stereocenters. The molecule has 0 aromatic carbocycles. The van der Waals surface area contributed by atoms with Crippen molar-refractivity contribution in [3.63, 3.8) is 0 Å². The molecule has 0 saturated heterocycles. The molecule has 0 saturated carbocycles. The first kappa shape index (κ1) is 24.5. The summed E-state index contributed by atoms with van der Waals surface area (Å²) in [4.78, 5) is 0. The molecule has 1 atom stereocenters. The minimum atomic E-state index is 0.630. The monoisotopic (exact) mass is 354 g/mol. The summed E-state index contributed by atoms with van der Waals surface area (Å²) in [6.45, 7) is 16.9. The Hall–Kier alpha value is -1.52. The van der Waals surface area contributed by atoms with Crippen LogP contribution in [0.25, 0.3) is 0 Å². The summed E-state index contributed by atoms with van der Waals surface area (Å²) >= 11 is 0. The van der Waals surface area contributed by atoms with Gasteiger partial charge in [0.1, 0.15) is 0 Å². The summed E-state index contributed by atoms with van der Waals surface area (Å²) in [6, 6.07) is 0. The normalized spacial score (nSPS) is 15.2. The van der Waals surface area contributed by atoms with Crippen LogP contribution in [0, 0.1) is 5.92 Å². The third kappa shape index (κ3) is 9.25. The van der Waals surface area contributed by atoms with Gasteiger partial charge in [-0.25, -0.2) is 0 Å². The van der Waals surface area contributed by atoms with Crippen LogP contribution in [-0.4, -0.2) is 0 Å². The fraction of sp³-hybridized carbons (Fsp3) is 0.577. The first-order valence-corrected chi connectivity index (χ1v) is 10.8. The number of hydrogen-bond acceptors (Lipinski definition) is 0. The molecule has 0 bridgehead atoms. The molecular weight excluding hydrogens is 312 g/mol. The Morgan fingerprint density at radius 2 is 1.85 bits per heavy atom. The molecule has 0 N–H and O–H groups in total. The van der Waals surface area contributed by atoms with Crippen LogP contribution in [0.15, 0.2) is 65.0 Å². The highest BCUT2D eigenvalue weighted by Gasteiger charge is 2.14. The molecule has 0 heterocycles. The van der Waals surface area contributed by atoms with Gasteiger partial charge in [0, 0.05) is 6.42 Å². The highest BCUT2D eigenvalue weighted by atomic mass is 14.2. The molecule has 0 amide bonds. The molecule has 0 fully saturated rings. The Bertz CT molecular complexity index is 545. The summed E-state index contributed by atoms with van der Waals surface area (Å²) < 4.78 is 0. The van der Waals surface area contributed by atoms with Crippen LogP contribution < -0.4 is 0 Å². The molecule has 146 valence electrons. The standard InChI is InChI=1S/C24H36.C2H6/c1-6-10-14-23(13-9-4)24-18-17-22(16-15-20(24)5)19-21(11-7-2)12-8-3;1-2/h6,11,15-16,18,23H,1,7-10,12-14,19H2,2-5H3;1-2H3/b21-11-;. The van der Waals surface area contributed by atoms with Crippen molar-refractivity contribution in [2.75, 3.05) is 0 Å².